The third-order valence-electron chi connectivity index (χ3n) is 7.16. The van der Waals surface area contributed by atoms with Crippen LogP contribution in [-0.2, 0) is 12.4 Å². The molecule has 0 aromatic heterocycles. The number of ether oxygens (including phenoxy) is 2. The van der Waals surface area contributed by atoms with Crippen LogP contribution in [0.4, 0.5) is 37.7 Å². The van der Waals surface area contributed by atoms with Crippen molar-refractivity contribution in [2.45, 2.75) is 12.4 Å². The summed E-state index contributed by atoms with van der Waals surface area (Å²) in [5, 5.41) is 44.0. The molecule has 4 aromatic carbocycles. The number of anilines is 2. The summed E-state index contributed by atoms with van der Waals surface area (Å²) >= 11 is 0. The van der Waals surface area contributed by atoms with Crippen LogP contribution < -0.4 is 20.1 Å². The average molecular weight is 626 g/mol. The molecule has 224 valence electrons. The number of nitrogens with zero attached hydrogens (tertiary/aromatic N) is 4. The van der Waals surface area contributed by atoms with Crippen molar-refractivity contribution in [2.24, 2.45) is 0 Å². The minimum Gasteiger partial charge on any atom is -0.436 e. The average Bonchev–Trinajstić information content (AvgIpc) is 3.63. The maximum atomic E-state index is 13.4. The lowest BCUT2D eigenvalue weighted by atomic mass is 9.89. The Hall–Kier alpha value is -6.64. The summed E-state index contributed by atoms with van der Waals surface area (Å²) in [7, 11) is 0. The summed E-state index contributed by atoms with van der Waals surface area (Å²) in [4.78, 5) is 0. The number of rotatable bonds is 2. The second-order valence-electron chi connectivity index (χ2n) is 9.81. The first-order chi connectivity index (χ1) is 21.9. The van der Waals surface area contributed by atoms with Crippen molar-refractivity contribution in [1.82, 2.24) is 0 Å². The Morgan fingerprint density at radius 1 is 0.543 bits per heavy atom. The van der Waals surface area contributed by atoms with E-state index in [4.69, 9.17) is 9.47 Å². The highest BCUT2D eigenvalue weighted by molar-refractivity contribution is 6.14. The van der Waals surface area contributed by atoms with Gasteiger partial charge in [-0.1, -0.05) is 24.3 Å². The van der Waals surface area contributed by atoms with Crippen LogP contribution in [0.25, 0.3) is 33.0 Å². The minimum atomic E-state index is -4.64. The molecule has 0 amide bonds. The third kappa shape index (κ3) is 4.81. The lowest BCUT2D eigenvalue weighted by Crippen LogP contribution is -2.04. The van der Waals surface area contributed by atoms with Gasteiger partial charge in [-0.05, 0) is 58.3 Å². The second-order valence-corrected chi connectivity index (χ2v) is 9.81. The van der Waals surface area contributed by atoms with E-state index in [9.17, 15) is 47.4 Å². The number of halogens is 6. The fourth-order valence-electron chi connectivity index (χ4n) is 5.11. The van der Waals surface area contributed by atoms with Gasteiger partial charge in [0.2, 0.25) is 11.8 Å². The molecule has 8 nitrogen and oxygen atoms in total. The van der Waals surface area contributed by atoms with Gasteiger partial charge >= 0.3 is 12.4 Å². The van der Waals surface area contributed by atoms with E-state index in [0.717, 1.165) is 24.3 Å². The molecule has 6 rings (SSSR count). The van der Waals surface area contributed by atoms with E-state index in [1.54, 1.807) is 24.3 Å². The van der Waals surface area contributed by atoms with Crippen molar-refractivity contribution in [3.8, 4) is 58.0 Å². The first kappa shape index (κ1) is 29.4. The molecule has 0 radical (unpaired) electrons. The van der Waals surface area contributed by atoms with Crippen molar-refractivity contribution >= 4 is 22.1 Å². The van der Waals surface area contributed by atoms with E-state index in [0.29, 0.717) is 10.8 Å². The van der Waals surface area contributed by atoms with Gasteiger partial charge in [-0.2, -0.15) is 47.4 Å². The Kier molecular flexibility index (Phi) is 6.73. The molecular weight excluding hydrogens is 614 g/mol. The molecule has 2 aliphatic heterocycles. The maximum Gasteiger partial charge on any atom is 0.416 e. The molecule has 14 heteroatoms. The number of nitriles is 4. The van der Waals surface area contributed by atoms with Crippen LogP contribution in [0.2, 0.25) is 0 Å². The summed E-state index contributed by atoms with van der Waals surface area (Å²) in [5.74, 6) is -0.375. The summed E-state index contributed by atoms with van der Waals surface area (Å²) in [6, 6.07) is 18.0. The smallest absolute Gasteiger partial charge is 0.416 e. The predicted octanol–water partition coefficient (Wildman–Crippen LogP) is 8.34. The Balaban J connectivity index is 1.71. The topological polar surface area (TPSA) is 138 Å². The van der Waals surface area contributed by atoms with Crippen molar-refractivity contribution in [3.05, 3.63) is 94.7 Å². The predicted molar refractivity (Wildman–Crippen MR) is 150 cm³/mol. The Bertz CT molecular complexity index is 2020. The number of allylic oxidation sites excluding steroid dienone is 2. The number of hydrogen-bond acceptors (Lipinski definition) is 8. The molecule has 0 unspecified atom stereocenters. The van der Waals surface area contributed by atoms with Crippen molar-refractivity contribution in [3.63, 3.8) is 0 Å². The van der Waals surface area contributed by atoms with Gasteiger partial charge in [0.15, 0.2) is 22.6 Å². The fourth-order valence-corrected chi connectivity index (χ4v) is 5.11. The monoisotopic (exact) mass is 626 g/mol. The SMILES string of the molecule is N#CC(C#N)=C1Nc2cc3c(-c4ccc(C(F)(F)F)cc4)c4c(cc3c(-c3ccc(C(F)(F)F)cc3)c2O1)NC(=C(C#N)C#N)O4. The summed E-state index contributed by atoms with van der Waals surface area (Å²) in [5.41, 5.74) is -1.50. The van der Waals surface area contributed by atoms with Crippen LogP contribution in [0.5, 0.6) is 11.5 Å². The van der Waals surface area contributed by atoms with E-state index in [-0.39, 0.29) is 56.9 Å². The van der Waals surface area contributed by atoms with Gasteiger partial charge in [-0.3, -0.25) is 0 Å². The van der Waals surface area contributed by atoms with E-state index in [1.165, 1.54) is 36.4 Å². The molecular formula is C32H12F6N6O2. The van der Waals surface area contributed by atoms with Crippen LogP contribution in [0.3, 0.4) is 0 Å². The second kappa shape index (κ2) is 10.5. The fraction of sp³-hybridized carbons (Fsp3) is 0.0625. The first-order valence-corrected chi connectivity index (χ1v) is 12.9. The normalized spacial score (nSPS) is 13.1. The Morgan fingerprint density at radius 3 is 1.15 bits per heavy atom. The van der Waals surface area contributed by atoms with Gasteiger partial charge in [-0.25, -0.2) is 0 Å². The maximum absolute atomic E-state index is 13.4. The van der Waals surface area contributed by atoms with Gasteiger partial charge in [-0.15, -0.1) is 0 Å². The van der Waals surface area contributed by atoms with Crippen LogP contribution >= 0.6 is 0 Å². The standard InChI is InChI=1S/C32H12F6N6O2/c33-31(34,35)19-5-1-15(2-6-19)25-21-9-24-28(46-30(44-24)18(13-41)14-42)26(16-3-7-20(8-4-16)32(36,37)38)22(21)10-23-27(25)45-29(43-23)17(11-39)12-40/h1-10,43-44H. The van der Waals surface area contributed by atoms with E-state index >= 15 is 0 Å². The summed E-state index contributed by atoms with van der Waals surface area (Å²) < 4.78 is 92.3. The molecule has 0 saturated heterocycles. The number of fused-ring (bicyclic) bond motifs is 3. The molecule has 46 heavy (non-hydrogen) atoms. The molecule has 2 aliphatic rings. The minimum absolute atomic E-state index is 0.0491. The Morgan fingerprint density at radius 2 is 0.870 bits per heavy atom. The van der Waals surface area contributed by atoms with Gasteiger partial charge in [0.05, 0.1) is 22.5 Å². The molecule has 0 fully saturated rings. The first-order valence-electron chi connectivity index (χ1n) is 12.9. The van der Waals surface area contributed by atoms with Gasteiger partial charge < -0.3 is 20.1 Å². The number of benzene rings is 4. The van der Waals surface area contributed by atoms with Gasteiger partial charge in [0.1, 0.15) is 24.3 Å². The van der Waals surface area contributed by atoms with Crippen LogP contribution in [0.1, 0.15) is 11.1 Å². The highest BCUT2D eigenvalue weighted by Gasteiger charge is 2.35. The quantitative estimate of drug-likeness (QED) is 0.167. The highest BCUT2D eigenvalue weighted by atomic mass is 19.4. The van der Waals surface area contributed by atoms with Crippen molar-refractivity contribution in [2.75, 3.05) is 10.6 Å². The largest absolute Gasteiger partial charge is 0.436 e. The van der Waals surface area contributed by atoms with Crippen LogP contribution in [0.15, 0.2) is 83.6 Å². The zero-order valence-corrected chi connectivity index (χ0v) is 22.6. The molecule has 0 saturated carbocycles. The van der Waals surface area contributed by atoms with E-state index in [2.05, 4.69) is 10.6 Å². The zero-order valence-electron chi connectivity index (χ0n) is 22.6. The number of hydrogen-bond donors (Lipinski definition) is 2. The third-order valence-corrected chi connectivity index (χ3v) is 7.16. The zero-order chi connectivity index (χ0) is 33.0. The molecule has 2 heterocycles. The van der Waals surface area contributed by atoms with Gasteiger partial charge in [0, 0.05) is 11.1 Å². The van der Waals surface area contributed by atoms with Crippen molar-refractivity contribution < 1.29 is 35.8 Å². The van der Waals surface area contributed by atoms with Crippen LogP contribution in [0, 0.1) is 45.3 Å². The van der Waals surface area contributed by atoms with E-state index < -0.39 is 34.6 Å². The number of alkyl halides is 6. The molecule has 0 aliphatic carbocycles. The molecule has 0 atom stereocenters. The highest BCUT2D eigenvalue weighted by Crippen LogP contribution is 2.54. The Labute approximate surface area is 254 Å². The molecule has 2 N–H and O–H groups in total. The molecule has 0 bridgehead atoms. The van der Waals surface area contributed by atoms with Gasteiger partial charge in [0.25, 0.3) is 0 Å². The molecule has 0 spiro atoms. The number of nitrogens with one attached hydrogen (secondary N) is 2. The van der Waals surface area contributed by atoms with Crippen molar-refractivity contribution in [1.29, 1.82) is 21.0 Å². The lowest BCUT2D eigenvalue weighted by Gasteiger charge is -2.17. The summed E-state index contributed by atoms with van der Waals surface area (Å²) in [6.07, 6.45) is -9.27. The lowest BCUT2D eigenvalue weighted by molar-refractivity contribution is -0.138. The van der Waals surface area contributed by atoms with E-state index in [1.807, 2.05) is 0 Å². The summed E-state index contributed by atoms with van der Waals surface area (Å²) in [6.45, 7) is 0. The molecule has 4 aromatic rings. The van der Waals surface area contributed by atoms with Crippen LogP contribution in [-0.4, -0.2) is 0 Å².